The zero-order valence-electron chi connectivity index (χ0n) is 11.4. The Labute approximate surface area is 117 Å². The van der Waals surface area contributed by atoms with E-state index in [-0.39, 0.29) is 12.3 Å². The molecule has 106 valence electrons. The molecule has 1 unspecified atom stereocenters. The minimum atomic E-state index is -0.891. The molecular formula is C14H22N2O2S. The van der Waals surface area contributed by atoms with E-state index in [9.17, 15) is 9.00 Å². The molecule has 1 aromatic rings. The van der Waals surface area contributed by atoms with Crippen LogP contribution in [0, 0.1) is 0 Å². The van der Waals surface area contributed by atoms with Gasteiger partial charge in [0, 0.05) is 41.0 Å². The van der Waals surface area contributed by atoms with Gasteiger partial charge in [0.25, 0.3) is 0 Å². The minimum Gasteiger partial charge on any atom is -0.326 e. The van der Waals surface area contributed by atoms with Crippen molar-refractivity contribution in [1.29, 1.82) is 0 Å². The Balaban J connectivity index is 2.41. The van der Waals surface area contributed by atoms with Crippen LogP contribution < -0.4 is 11.1 Å². The maximum Gasteiger partial charge on any atom is 0.225 e. The predicted molar refractivity (Wildman–Crippen MR) is 80.4 cm³/mol. The third kappa shape index (κ3) is 5.98. The van der Waals surface area contributed by atoms with Crippen molar-refractivity contribution in [1.82, 2.24) is 0 Å². The molecular weight excluding hydrogens is 260 g/mol. The summed E-state index contributed by atoms with van der Waals surface area (Å²) in [5.74, 6) is 1.01. The second-order valence-corrected chi connectivity index (χ2v) is 6.06. The van der Waals surface area contributed by atoms with Crippen molar-refractivity contribution in [3.63, 3.8) is 0 Å². The highest BCUT2D eigenvalue weighted by molar-refractivity contribution is 7.84. The predicted octanol–water partition coefficient (Wildman–Crippen LogP) is 2.02. The van der Waals surface area contributed by atoms with E-state index in [4.69, 9.17) is 5.73 Å². The summed E-state index contributed by atoms with van der Waals surface area (Å²) < 4.78 is 11.6. The first-order valence-corrected chi connectivity index (χ1v) is 8.09. The highest BCUT2D eigenvalue weighted by Crippen LogP contribution is 2.14. The molecule has 1 amide bonds. The molecule has 0 aliphatic carbocycles. The summed E-state index contributed by atoms with van der Waals surface area (Å²) in [6.45, 7) is 2.45. The molecule has 0 fully saturated rings. The van der Waals surface area contributed by atoms with Crippen molar-refractivity contribution in [3.8, 4) is 0 Å². The van der Waals surface area contributed by atoms with Crippen LogP contribution in [0.2, 0.25) is 0 Å². The van der Waals surface area contributed by atoms with Crippen molar-refractivity contribution in [2.24, 2.45) is 5.73 Å². The molecule has 3 N–H and O–H groups in total. The summed E-state index contributed by atoms with van der Waals surface area (Å²) in [6, 6.07) is 7.45. The molecule has 1 rings (SSSR count). The van der Waals surface area contributed by atoms with Gasteiger partial charge in [0.15, 0.2) is 0 Å². The number of benzene rings is 1. The topological polar surface area (TPSA) is 72.2 Å². The molecule has 1 aromatic carbocycles. The monoisotopic (exact) mass is 282 g/mol. The highest BCUT2D eigenvalue weighted by atomic mass is 32.2. The number of unbranched alkanes of at least 4 members (excludes halogenated alkanes) is 1. The molecule has 0 heterocycles. The van der Waals surface area contributed by atoms with Crippen molar-refractivity contribution in [2.75, 3.05) is 16.8 Å². The normalized spacial score (nSPS) is 12.1. The van der Waals surface area contributed by atoms with Crippen LogP contribution in [0.5, 0.6) is 0 Å². The fourth-order valence-corrected chi connectivity index (χ4v) is 2.87. The summed E-state index contributed by atoms with van der Waals surface area (Å²) in [5, 5.41) is 2.82. The van der Waals surface area contributed by atoms with E-state index in [0.29, 0.717) is 18.1 Å². The lowest BCUT2D eigenvalue weighted by Gasteiger charge is -2.09. The van der Waals surface area contributed by atoms with E-state index >= 15 is 0 Å². The van der Waals surface area contributed by atoms with Crippen LogP contribution in [-0.2, 0) is 22.1 Å². The van der Waals surface area contributed by atoms with Crippen LogP contribution in [-0.4, -0.2) is 21.6 Å². The Morgan fingerprint density at radius 3 is 2.74 bits per heavy atom. The lowest BCUT2D eigenvalue weighted by atomic mass is 10.2. The van der Waals surface area contributed by atoms with Gasteiger partial charge in [0.05, 0.1) is 0 Å². The first-order valence-electron chi connectivity index (χ1n) is 6.60. The Kier molecular flexibility index (Phi) is 7.36. The van der Waals surface area contributed by atoms with Gasteiger partial charge in [-0.05, 0) is 18.1 Å². The number of amides is 1. The second-order valence-electron chi connectivity index (χ2n) is 4.36. The lowest BCUT2D eigenvalue weighted by Crippen LogP contribution is -2.17. The first kappa shape index (κ1) is 15.9. The number of rotatable bonds is 8. The number of carbonyl (C=O) groups is 1. The van der Waals surface area contributed by atoms with E-state index in [1.54, 1.807) is 0 Å². The number of nitrogens with two attached hydrogens (primary N) is 1. The largest absolute Gasteiger partial charge is 0.326 e. The molecule has 0 spiro atoms. The van der Waals surface area contributed by atoms with Crippen LogP contribution in [0.1, 0.15) is 31.7 Å². The summed E-state index contributed by atoms with van der Waals surface area (Å²) >= 11 is 0. The average molecular weight is 282 g/mol. The molecule has 0 radical (unpaired) electrons. The maximum atomic E-state index is 11.8. The smallest absolute Gasteiger partial charge is 0.225 e. The number of para-hydroxylation sites is 1. The Morgan fingerprint density at radius 2 is 2.05 bits per heavy atom. The highest BCUT2D eigenvalue weighted by Gasteiger charge is 2.07. The summed E-state index contributed by atoms with van der Waals surface area (Å²) in [5.41, 5.74) is 7.25. The van der Waals surface area contributed by atoms with Crippen molar-refractivity contribution in [2.45, 2.75) is 32.7 Å². The number of nitrogens with one attached hydrogen (secondary N) is 1. The molecule has 4 nitrogen and oxygen atoms in total. The van der Waals surface area contributed by atoms with Gasteiger partial charge in [-0.3, -0.25) is 9.00 Å². The Hall–Kier alpha value is -1.20. The zero-order chi connectivity index (χ0) is 14.1. The SMILES string of the molecule is CCCCS(=O)CCC(=O)Nc1ccccc1CN. The quantitative estimate of drug-likeness (QED) is 0.766. The van der Waals surface area contributed by atoms with Crippen molar-refractivity contribution in [3.05, 3.63) is 29.8 Å². The van der Waals surface area contributed by atoms with Crippen LogP contribution in [0.25, 0.3) is 0 Å². The summed E-state index contributed by atoms with van der Waals surface area (Å²) in [6.07, 6.45) is 2.27. The van der Waals surface area contributed by atoms with E-state index in [1.807, 2.05) is 24.3 Å². The van der Waals surface area contributed by atoms with E-state index in [0.717, 1.165) is 24.1 Å². The maximum absolute atomic E-state index is 11.8. The second kappa shape index (κ2) is 8.82. The molecule has 19 heavy (non-hydrogen) atoms. The molecule has 5 heteroatoms. The molecule has 0 bridgehead atoms. The van der Waals surface area contributed by atoms with Crippen molar-refractivity contribution >= 4 is 22.4 Å². The van der Waals surface area contributed by atoms with E-state index in [1.165, 1.54) is 0 Å². The fraction of sp³-hybridized carbons (Fsp3) is 0.500. The number of hydrogen-bond acceptors (Lipinski definition) is 3. The van der Waals surface area contributed by atoms with Gasteiger partial charge in [-0.1, -0.05) is 31.5 Å². The summed E-state index contributed by atoms with van der Waals surface area (Å²) in [7, 11) is -0.891. The van der Waals surface area contributed by atoms with Gasteiger partial charge in [0.2, 0.25) is 5.91 Å². The zero-order valence-corrected chi connectivity index (χ0v) is 12.2. The van der Waals surface area contributed by atoms with Gasteiger partial charge >= 0.3 is 0 Å². The summed E-state index contributed by atoms with van der Waals surface area (Å²) in [4.78, 5) is 11.8. The molecule has 0 aliphatic heterocycles. The minimum absolute atomic E-state index is 0.106. The van der Waals surface area contributed by atoms with Gasteiger partial charge in [-0.15, -0.1) is 0 Å². The lowest BCUT2D eigenvalue weighted by molar-refractivity contribution is -0.115. The van der Waals surface area contributed by atoms with Gasteiger partial charge in [-0.2, -0.15) is 0 Å². The van der Waals surface area contributed by atoms with E-state index < -0.39 is 10.8 Å². The van der Waals surface area contributed by atoms with E-state index in [2.05, 4.69) is 12.2 Å². The van der Waals surface area contributed by atoms with Crippen LogP contribution in [0.4, 0.5) is 5.69 Å². The van der Waals surface area contributed by atoms with Crippen molar-refractivity contribution < 1.29 is 9.00 Å². The standard InChI is InChI=1S/C14H22N2O2S/c1-2-3-9-19(18)10-8-14(17)16-13-7-5-4-6-12(13)11-15/h4-7H,2-3,8-11,15H2,1H3,(H,16,17). The fourth-order valence-electron chi connectivity index (χ4n) is 1.65. The van der Waals surface area contributed by atoms with Crippen LogP contribution in [0.15, 0.2) is 24.3 Å². The third-order valence-electron chi connectivity index (χ3n) is 2.79. The molecule has 0 aromatic heterocycles. The van der Waals surface area contributed by atoms with Gasteiger partial charge in [-0.25, -0.2) is 0 Å². The molecule has 0 aliphatic rings. The Morgan fingerprint density at radius 1 is 1.32 bits per heavy atom. The number of carbonyl (C=O) groups excluding carboxylic acids is 1. The molecule has 1 atom stereocenters. The molecule has 0 saturated carbocycles. The van der Waals surface area contributed by atoms with Gasteiger partial charge in [0.1, 0.15) is 0 Å². The van der Waals surface area contributed by atoms with Gasteiger partial charge < -0.3 is 11.1 Å². The first-order chi connectivity index (χ1) is 9.17. The molecule has 0 saturated heterocycles. The average Bonchev–Trinajstić information content (AvgIpc) is 2.43. The van der Waals surface area contributed by atoms with Crippen LogP contribution in [0.3, 0.4) is 0 Å². The Bertz CT molecular complexity index is 435. The number of hydrogen-bond donors (Lipinski definition) is 2. The third-order valence-corrected chi connectivity index (χ3v) is 4.20. The van der Waals surface area contributed by atoms with Crippen LogP contribution >= 0.6 is 0 Å². The number of anilines is 1.